The Labute approximate surface area is 238 Å². The molecular formula is C32H47ClNPPd. The van der Waals surface area contributed by atoms with Gasteiger partial charge in [-0.05, 0) is 61.6 Å². The van der Waals surface area contributed by atoms with Gasteiger partial charge in [0.2, 0.25) is 0 Å². The van der Waals surface area contributed by atoms with Crippen LogP contribution in [0.25, 0.3) is 11.1 Å². The molecule has 0 heterocycles. The quantitative estimate of drug-likeness (QED) is 0.183. The van der Waals surface area contributed by atoms with E-state index in [9.17, 15) is 0 Å². The van der Waals surface area contributed by atoms with Crippen molar-refractivity contribution >= 4 is 23.1 Å². The van der Waals surface area contributed by atoms with Crippen LogP contribution in [0.1, 0.15) is 96.3 Å². The predicted molar refractivity (Wildman–Crippen MR) is 158 cm³/mol. The van der Waals surface area contributed by atoms with Crippen LogP contribution in [-0.2, 0) is 18.2 Å². The molecule has 36 heavy (non-hydrogen) atoms. The molecule has 0 atom stereocenters. The number of rotatable bonds is 5. The Kier molecular flexibility index (Phi) is 14.5. The third kappa shape index (κ3) is 9.12. The summed E-state index contributed by atoms with van der Waals surface area (Å²) in [6.45, 7) is 0. The number of nitrogens with zero attached hydrogens (tertiary/aromatic N) is 1. The third-order valence-corrected chi connectivity index (χ3v) is 12.5. The SMILES string of the molecule is C1CCC(P(C2CCCCC2)C2CCCCC2)CC1.CN(C)c1ccccc1-c1c[c-]ccc1.[Cl][Pd+]. The van der Waals surface area contributed by atoms with Crippen molar-refractivity contribution < 1.29 is 18.2 Å². The first-order valence-corrected chi connectivity index (χ1v) is 17.9. The van der Waals surface area contributed by atoms with E-state index in [0.717, 1.165) is 0 Å². The molecule has 2 aromatic carbocycles. The molecule has 0 aromatic heterocycles. The zero-order valence-electron chi connectivity index (χ0n) is 22.5. The van der Waals surface area contributed by atoms with E-state index < -0.39 is 0 Å². The van der Waals surface area contributed by atoms with Crippen LogP contribution in [0.2, 0.25) is 0 Å². The summed E-state index contributed by atoms with van der Waals surface area (Å²) in [5.41, 5.74) is 7.26. The molecule has 3 aliphatic carbocycles. The van der Waals surface area contributed by atoms with E-state index >= 15 is 0 Å². The van der Waals surface area contributed by atoms with Crippen molar-refractivity contribution in [2.75, 3.05) is 19.0 Å². The van der Waals surface area contributed by atoms with Crippen LogP contribution >= 0.6 is 17.5 Å². The van der Waals surface area contributed by atoms with Crippen LogP contribution in [0.15, 0.2) is 48.5 Å². The minimum absolute atomic E-state index is 0.385. The van der Waals surface area contributed by atoms with Crippen LogP contribution in [0.5, 0.6) is 0 Å². The summed E-state index contributed by atoms with van der Waals surface area (Å²) in [6, 6.07) is 19.6. The summed E-state index contributed by atoms with van der Waals surface area (Å²) in [7, 11) is 9.00. The summed E-state index contributed by atoms with van der Waals surface area (Å²) < 4.78 is 0. The molecule has 1 nitrogen and oxygen atoms in total. The van der Waals surface area contributed by atoms with Crippen molar-refractivity contribution in [2.45, 2.75) is 113 Å². The topological polar surface area (TPSA) is 3.24 Å². The molecule has 0 unspecified atom stereocenters. The second-order valence-corrected chi connectivity index (χ2v) is 14.1. The number of hydrogen-bond acceptors (Lipinski definition) is 1. The van der Waals surface area contributed by atoms with Crippen LogP contribution in [0.3, 0.4) is 0 Å². The minimum atomic E-state index is 0.385. The Hall–Kier alpha value is -0.378. The van der Waals surface area contributed by atoms with Gasteiger partial charge in [0, 0.05) is 19.8 Å². The number of anilines is 1. The van der Waals surface area contributed by atoms with Crippen molar-refractivity contribution in [2.24, 2.45) is 0 Å². The van der Waals surface area contributed by atoms with E-state index in [4.69, 9.17) is 0 Å². The number of halogens is 1. The fourth-order valence-corrected chi connectivity index (χ4v) is 11.4. The summed E-state index contributed by atoms with van der Waals surface area (Å²) in [5.74, 6) is 0. The molecule has 3 aliphatic rings. The van der Waals surface area contributed by atoms with Gasteiger partial charge in [0.15, 0.2) is 0 Å². The predicted octanol–water partition coefficient (Wildman–Crippen LogP) is 10.4. The second-order valence-electron chi connectivity index (χ2n) is 11.0. The Morgan fingerprint density at radius 3 is 1.58 bits per heavy atom. The Balaban J connectivity index is 0.000000193. The average molecular weight is 619 g/mol. The Bertz CT molecular complexity index is 784. The van der Waals surface area contributed by atoms with Crippen molar-refractivity contribution in [3.05, 3.63) is 54.6 Å². The van der Waals surface area contributed by atoms with Crippen molar-refractivity contribution in [1.29, 1.82) is 0 Å². The normalized spacial score (nSPS) is 19.6. The molecule has 3 fully saturated rings. The van der Waals surface area contributed by atoms with Gasteiger partial charge in [0.05, 0.1) is 0 Å². The zero-order chi connectivity index (χ0) is 25.6. The van der Waals surface area contributed by atoms with E-state index in [-0.39, 0.29) is 0 Å². The first-order valence-electron chi connectivity index (χ1n) is 14.4. The molecular weight excluding hydrogens is 571 g/mol. The fourth-order valence-electron chi connectivity index (χ4n) is 6.70. The number of benzene rings is 2. The van der Waals surface area contributed by atoms with Gasteiger partial charge >= 0.3 is 27.7 Å². The number of hydrogen-bond donors (Lipinski definition) is 0. The van der Waals surface area contributed by atoms with E-state index in [1.807, 2.05) is 18.2 Å². The monoisotopic (exact) mass is 617 g/mol. The second kappa shape index (κ2) is 17.3. The third-order valence-electron chi connectivity index (χ3n) is 8.39. The van der Waals surface area contributed by atoms with Gasteiger partial charge in [-0.2, -0.15) is 30.3 Å². The average Bonchev–Trinajstić information content (AvgIpc) is 2.97. The molecule has 0 bridgehead atoms. The van der Waals surface area contributed by atoms with Gasteiger partial charge in [-0.15, -0.1) is 5.56 Å². The molecule has 0 amide bonds. The van der Waals surface area contributed by atoms with Crippen LogP contribution < -0.4 is 4.90 Å². The molecule has 0 saturated heterocycles. The molecule has 0 spiro atoms. The van der Waals surface area contributed by atoms with E-state index in [2.05, 4.69) is 83.1 Å². The van der Waals surface area contributed by atoms with E-state index in [1.54, 1.807) is 77.0 Å². The first-order chi connectivity index (χ1) is 17.7. The summed E-state index contributed by atoms with van der Waals surface area (Å²) in [4.78, 5) is 2.13. The summed E-state index contributed by atoms with van der Waals surface area (Å²) in [6.07, 6.45) is 23.6. The van der Waals surface area contributed by atoms with Gasteiger partial charge in [-0.3, -0.25) is 0 Å². The molecule has 4 heteroatoms. The Morgan fingerprint density at radius 2 is 1.17 bits per heavy atom. The summed E-state index contributed by atoms with van der Waals surface area (Å²) in [5, 5.41) is 0. The fraction of sp³-hybridized carbons (Fsp3) is 0.625. The van der Waals surface area contributed by atoms with Crippen LogP contribution in [-0.4, -0.2) is 31.1 Å². The Morgan fingerprint density at radius 1 is 0.694 bits per heavy atom. The van der Waals surface area contributed by atoms with Crippen LogP contribution in [0, 0.1) is 6.07 Å². The van der Waals surface area contributed by atoms with Gasteiger partial charge < -0.3 is 4.90 Å². The molecule has 0 N–H and O–H groups in total. The van der Waals surface area contributed by atoms with Crippen molar-refractivity contribution in [3.8, 4) is 11.1 Å². The first kappa shape index (κ1) is 30.2. The molecule has 2 aromatic rings. The standard InChI is InChI=1S/C18H33P.C14H14N.ClH.Pd/c1-4-10-16(11-5-1)19(17-12-6-2-7-13-17)18-14-8-3-9-15-18;1-15(2)14-11-7-6-10-13(14)12-8-4-3-5-9-12;;/h16-18H,1-15H2;3-4,6-11H,1-2H3;1H;/q;-1;;+2/p-1. The van der Waals surface area contributed by atoms with Gasteiger partial charge in [-0.25, -0.2) is 0 Å². The van der Waals surface area contributed by atoms with Crippen molar-refractivity contribution in [3.63, 3.8) is 0 Å². The molecule has 0 aliphatic heterocycles. The summed E-state index contributed by atoms with van der Waals surface area (Å²) >= 11 is 2.22. The zero-order valence-corrected chi connectivity index (χ0v) is 25.8. The van der Waals surface area contributed by atoms with E-state index in [0.29, 0.717) is 7.92 Å². The van der Waals surface area contributed by atoms with Gasteiger partial charge in [0.1, 0.15) is 0 Å². The molecule has 3 saturated carbocycles. The van der Waals surface area contributed by atoms with Gasteiger partial charge in [0.25, 0.3) is 0 Å². The van der Waals surface area contributed by atoms with Gasteiger partial charge in [-0.1, -0.05) is 89.5 Å². The maximum absolute atomic E-state index is 4.49. The maximum atomic E-state index is 4.49. The van der Waals surface area contributed by atoms with Crippen LogP contribution in [0.4, 0.5) is 5.69 Å². The molecule has 202 valence electrons. The van der Waals surface area contributed by atoms with E-state index in [1.165, 1.54) is 53.1 Å². The molecule has 5 rings (SSSR count). The number of para-hydroxylation sites is 1. The molecule has 0 radical (unpaired) electrons. The van der Waals surface area contributed by atoms with Crippen molar-refractivity contribution in [1.82, 2.24) is 0 Å².